The summed E-state index contributed by atoms with van der Waals surface area (Å²) in [6.45, 7) is 1.78. The van der Waals surface area contributed by atoms with E-state index in [9.17, 15) is 9.59 Å². The van der Waals surface area contributed by atoms with E-state index >= 15 is 0 Å². The first kappa shape index (κ1) is 15.7. The third-order valence-electron chi connectivity index (χ3n) is 3.78. The second-order valence-corrected chi connectivity index (χ2v) is 5.42. The molecule has 0 saturated heterocycles. The third kappa shape index (κ3) is 3.43. The van der Waals surface area contributed by atoms with E-state index in [1.807, 2.05) is 54.6 Å². The molecule has 0 N–H and O–H groups in total. The van der Waals surface area contributed by atoms with Crippen LogP contribution >= 0.6 is 0 Å². The zero-order valence-corrected chi connectivity index (χ0v) is 13.3. The molecular weight excluding hydrogens is 302 g/mol. The molecule has 3 rings (SSSR count). The second-order valence-electron chi connectivity index (χ2n) is 5.42. The molecule has 0 saturated carbocycles. The molecule has 0 bridgehead atoms. The number of nitrogens with zero attached hydrogens (tertiary/aromatic N) is 1. The molecule has 24 heavy (non-hydrogen) atoms. The lowest BCUT2D eigenvalue weighted by atomic mass is 10.0. The lowest BCUT2D eigenvalue weighted by molar-refractivity contribution is 0.107. The van der Waals surface area contributed by atoms with Crippen LogP contribution in [0.25, 0.3) is 11.1 Å². The van der Waals surface area contributed by atoms with Gasteiger partial charge in [0.1, 0.15) is 6.10 Å². The van der Waals surface area contributed by atoms with Gasteiger partial charge < -0.3 is 4.74 Å². The van der Waals surface area contributed by atoms with Gasteiger partial charge in [-0.3, -0.25) is 4.79 Å². The van der Waals surface area contributed by atoms with E-state index in [0.717, 1.165) is 21.3 Å². The van der Waals surface area contributed by atoms with Crippen LogP contribution in [0.5, 0.6) is 0 Å². The van der Waals surface area contributed by atoms with Crippen LogP contribution < -0.4 is 5.56 Å². The van der Waals surface area contributed by atoms with Crippen LogP contribution in [-0.4, -0.2) is 10.7 Å². The summed E-state index contributed by atoms with van der Waals surface area (Å²) in [6.07, 6.45) is 0.269. The van der Waals surface area contributed by atoms with E-state index in [0.29, 0.717) is 0 Å². The monoisotopic (exact) mass is 319 g/mol. The number of carbonyl (C=O) groups is 1. The highest BCUT2D eigenvalue weighted by Crippen LogP contribution is 2.23. The van der Waals surface area contributed by atoms with E-state index in [1.54, 1.807) is 19.1 Å². The van der Waals surface area contributed by atoms with Crippen LogP contribution in [0, 0.1) is 0 Å². The Morgan fingerprint density at radius 1 is 0.875 bits per heavy atom. The molecule has 4 nitrogen and oxygen atoms in total. The van der Waals surface area contributed by atoms with Crippen molar-refractivity contribution in [2.45, 2.75) is 13.0 Å². The average molecular weight is 319 g/mol. The molecule has 0 aliphatic rings. The molecule has 0 aliphatic heterocycles. The molecule has 0 amide bonds. The summed E-state index contributed by atoms with van der Waals surface area (Å²) < 4.78 is 6.33. The number of benzene rings is 2. The van der Waals surface area contributed by atoms with E-state index in [4.69, 9.17) is 4.74 Å². The van der Waals surface area contributed by atoms with E-state index < -0.39 is 17.8 Å². The average Bonchev–Trinajstić information content (AvgIpc) is 2.63. The summed E-state index contributed by atoms with van der Waals surface area (Å²) in [7, 11) is 0. The van der Waals surface area contributed by atoms with Gasteiger partial charge in [-0.2, -0.15) is 0 Å². The van der Waals surface area contributed by atoms with Crippen molar-refractivity contribution in [2.24, 2.45) is 0 Å². The SMILES string of the molecule is CC(OC(=O)n1ccccc1=O)c1ccc(-c2ccccc2)cc1. The van der Waals surface area contributed by atoms with Gasteiger partial charge in [-0.05, 0) is 29.7 Å². The number of carbonyl (C=O) groups excluding carboxylic acids is 1. The van der Waals surface area contributed by atoms with Gasteiger partial charge in [0.25, 0.3) is 5.56 Å². The fourth-order valence-electron chi connectivity index (χ4n) is 2.43. The van der Waals surface area contributed by atoms with Gasteiger partial charge in [0.2, 0.25) is 0 Å². The number of pyridine rings is 1. The summed E-state index contributed by atoms with van der Waals surface area (Å²) in [5.74, 6) is 0. The lowest BCUT2D eigenvalue weighted by Crippen LogP contribution is -2.27. The highest BCUT2D eigenvalue weighted by atomic mass is 16.6. The van der Waals surface area contributed by atoms with Gasteiger partial charge in [0, 0.05) is 12.3 Å². The molecule has 0 fully saturated rings. The molecule has 1 heterocycles. The molecule has 3 aromatic rings. The second kappa shape index (κ2) is 6.96. The number of aromatic nitrogens is 1. The molecule has 0 spiro atoms. The summed E-state index contributed by atoms with van der Waals surface area (Å²) in [4.78, 5) is 23.7. The van der Waals surface area contributed by atoms with Gasteiger partial charge in [0.05, 0.1) is 0 Å². The third-order valence-corrected chi connectivity index (χ3v) is 3.78. The fraction of sp³-hybridized carbons (Fsp3) is 0.100. The maximum Gasteiger partial charge on any atom is 0.421 e. The molecule has 2 aromatic carbocycles. The molecular formula is C20H17NO3. The van der Waals surface area contributed by atoms with Gasteiger partial charge in [0.15, 0.2) is 0 Å². The first-order valence-electron chi connectivity index (χ1n) is 7.69. The quantitative estimate of drug-likeness (QED) is 0.724. The van der Waals surface area contributed by atoms with E-state index in [1.165, 1.54) is 12.3 Å². The largest absolute Gasteiger partial charge is 0.441 e. The van der Waals surface area contributed by atoms with Crippen molar-refractivity contribution in [2.75, 3.05) is 0 Å². The van der Waals surface area contributed by atoms with Gasteiger partial charge in [-0.15, -0.1) is 0 Å². The molecule has 4 heteroatoms. The Kier molecular flexibility index (Phi) is 4.57. The lowest BCUT2D eigenvalue weighted by Gasteiger charge is -2.14. The Morgan fingerprint density at radius 2 is 1.50 bits per heavy atom. The van der Waals surface area contributed by atoms with E-state index in [-0.39, 0.29) is 0 Å². The molecule has 1 unspecified atom stereocenters. The van der Waals surface area contributed by atoms with Crippen LogP contribution in [0.3, 0.4) is 0 Å². The normalized spacial score (nSPS) is 11.7. The van der Waals surface area contributed by atoms with Crippen molar-refractivity contribution >= 4 is 6.09 Å². The zero-order chi connectivity index (χ0) is 16.9. The Labute approximate surface area is 140 Å². The Bertz CT molecular complexity index is 883. The minimum Gasteiger partial charge on any atom is -0.441 e. The van der Waals surface area contributed by atoms with Gasteiger partial charge >= 0.3 is 6.09 Å². The minimum atomic E-state index is -0.680. The summed E-state index contributed by atoms with van der Waals surface area (Å²) in [5, 5.41) is 0. The van der Waals surface area contributed by atoms with Crippen LogP contribution in [0.15, 0.2) is 83.8 Å². The zero-order valence-electron chi connectivity index (χ0n) is 13.3. The van der Waals surface area contributed by atoms with Crippen molar-refractivity contribution < 1.29 is 9.53 Å². The topological polar surface area (TPSA) is 48.3 Å². The predicted molar refractivity (Wildman–Crippen MR) is 92.9 cm³/mol. The summed E-state index contributed by atoms with van der Waals surface area (Å²) in [6, 6.07) is 22.4. The Balaban J connectivity index is 1.74. The van der Waals surface area contributed by atoms with Crippen molar-refractivity contribution in [3.05, 3.63) is 94.9 Å². The molecule has 120 valence electrons. The van der Waals surface area contributed by atoms with Gasteiger partial charge in [-0.25, -0.2) is 9.36 Å². The number of ether oxygens (including phenoxy) is 1. The van der Waals surface area contributed by atoms with Crippen LogP contribution in [0.4, 0.5) is 4.79 Å². The molecule has 0 aliphatic carbocycles. The first-order valence-corrected chi connectivity index (χ1v) is 7.69. The highest BCUT2D eigenvalue weighted by Gasteiger charge is 2.14. The number of hydrogen-bond donors (Lipinski definition) is 0. The first-order chi connectivity index (χ1) is 11.6. The standard InChI is InChI=1S/C20H17NO3/c1-15(24-20(23)21-14-6-5-9-19(21)22)16-10-12-18(13-11-16)17-7-3-2-4-8-17/h2-15H,1H3. The summed E-state index contributed by atoms with van der Waals surface area (Å²) >= 11 is 0. The van der Waals surface area contributed by atoms with Crippen LogP contribution in [0.2, 0.25) is 0 Å². The molecule has 1 aromatic heterocycles. The fourth-order valence-corrected chi connectivity index (χ4v) is 2.43. The number of rotatable bonds is 3. The minimum absolute atomic E-state index is 0.408. The van der Waals surface area contributed by atoms with Gasteiger partial charge in [-0.1, -0.05) is 60.7 Å². The summed E-state index contributed by atoms with van der Waals surface area (Å²) in [5.41, 5.74) is 2.68. The highest BCUT2D eigenvalue weighted by molar-refractivity contribution is 5.70. The maximum absolute atomic E-state index is 12.1. The molecule has 1 atom stereocenters. The van der Waals surface area contributed by atoms with Crippen molar-refractivity contribution in [3.63, 3.8) is 0 Å². The Hall–Kier alpha value is -3.14. The van der Waals surface area contributed by atoms with Crippen LogP contribution in [-0.2, 0) is 4.74 Å². The predicted octanol–water partition coefficient (Wildman–Crippen LogP) is 4.26. The van der Waals surface area contributed by atoms with E-state index in [2.05, 4.69) is 0 Å². The van der Waals surface area contributed by atoms with Crippen LogP contribution in [0.1, 0.15) is 18.6 Å². The Morgan fingerprint density at radius 3 is 2.17 bits per heavy atom. The maximum atomic E-state index is 12.1. The number of hydrogen-bond acceptors (Lipinski definition) is 3. The van der Waals surface area contributed by atoms with Crippen molar-refractivity contribution in [1.82, 2.24) is 4.57 Å². The molecule has 0 radical (unpaired) electrons. The smallest absolute Gasteiger partial charge is 0.421 e. The van der Waals surface area contributed by atoms with Crippen molar-refractivity contribution in [1.29, 1.82) is 0 Å². The van der Waals surface area contributed by atoms with Crippen molar-refractivity contribution in [3.8, 4) is 11.1 Å².